The van der Waals surface area contributed by atoms with Gasteiger partial charge >= 0.3 is 0 Å². The molecule has 220 valence electrons. The van der Waals surface area contributed by atoms with E-state index in [2.05, 4.69) is 154 Å². The van der Waals surface area contributed by atoms with Gasteiger partial charge in [0.05, 0.1) is 16.7 Å². The van der Waals surface area contributed by atoms with Gasteiger partial charge < -0.3 is 0 Å². The number of hydrogen-bond acceptors (Lipinski definition) is 2. The lowest BCUT2D eigenvalue weighted by atomic mass is 9.88. The summed E-state index contributed by atoms with van der Waals surface area (Å²) in [5.74, 6) is 1.66. The minimum absolute atomic E-state index is 0.324. The lowest BCUT2D eigenvalue weighted by Crippen LogP contribution is -2.09. The van der Waals surface area contributed by atoms with E-state index in [-0.39, 0.29) is 0 Å². The number of hydrogen-bond donors (Lipinski definition) is 0. The summed E-state index contributed by atoms with van der Waals surface area (Å²) in [4.78, 5) is 5.42. The molecule has 0 unspecified atom stereocenters. The molecule has 0 atom stereocenters. The second-order valence-electron chi connectivity index (χ2n) is 12.9. The summed E-state index contributed by atoms with van der Waals surface area (Å²) in [5.41, 5.74) is 11.1. The van der Waals surface area contributed by atoms with Crippen LogP contribution in [0.3, 0.4) is 0 Å². The molecule has 2 heterocycles. The van der Waals surface area contributed by atoms with Crippen LogP contribution >= 0.6 is 11.3 Å². The van der Waals surface area contributed by atoms with Crippen molar-refractivity contribution in [1.82, 2.24) is 9.55 Å². The van der Waals surface area contributed by atoms with Crippen molar-refractivity contribution in [2.45, 2.75) is 46.5 Å². The number of thiophene rings is 1. The lowest BCUT2D eigenvalue weighted by Gasteiger charge is -2.24. The molecule has 2 aromatic heterocycles. The number of nitrogens with zero attached hydrogens (tertiary/aromatic N) is 2. The average molecular weight is 601 g/mol. The van der Waals surface area contributed by atoms with E-state index in [0.717, 1.165) is 16.9 Å². The Morgan fingerprint density at radius 3 is 2.00 bits per heavy atom. The summed E-state index contributed by atoms with van der Waals surface area (Å²) in [5, 5.41) is 5.23. The zero-order valence-corrected chi connectivity index (χ0v) is 27.2. The predicted octanol–water partition coefficient (Wildman–Crippen LogP) is 12.4. The third-order valence-electron chi connectivity index (χ3n) is 9.24. The fourth-order valence-corrected chi connectivity index (χ4v) is 8.27. The van der Waals surface area contributed by atoms with Crippen LogP contribution in [0.4, 0.5) is 0 Å². The first-order valence-electron chi connectivity index (χ1n) is 15.9. The zero-order valence-electron chi connectivity index (χ0n) is 26.4. The number of fused-ring (bicyclic) bond motifs is 5. The fourth-order valence-electron chi connectivity index (χ4n) is 6.96. The summed E-state index contributed by atoms with van der Waals surface area (Å²) in [7, 11) is 0. The Morgan fingerprint density at radius 2 is 1.29 bits per heavy atom. The molecule has 0 saturated heterocycles. The second-order valence-corrected chi connectivity index (χ2v) is 13.9. The van der Waals surface area contributed by atoms with Crippen molar-refractivity contribution in [3.8, 4) is 28.2 Å². The van der Waals surface area contributed by atoms with Gasteiger partial charge in [-0.25, -0.2) is 4.98 Å². The molecule has 6 aromatic carbocycles. The highest BCUT2D eigenvalue weighted by atomic mass is 32.1. The van der Waals surface area contributed by atoms with Crippen LogP contribution in [-0.2, 0) is 0 Å². The summed E-state index contributed by atoms with van der Waals surface area (Å²) in [6, 6.07) is 42.2. The second kappa shape index (κ2) is 10.7. The van der Waals surface area contributed by atoms with Gasteiger partial charge in [0, 0.05) is 25.7 Å². The molecule has 0 fully saturated rings. The van der Waals surface area contributed by atoms with Gasteiger partial charge in [0.2, 0.25) is 0 Å². The van der Waals surface area contributed by atoms with Crippen LogP contribution < -0.4 is 0 Å². The van der Waals surface area contributed by atoms with Crippen LogP contribution in [0.25, 0.3) is 70.2 Å². The van der Waals surface area contributed by atoms with Crippen LogP contribution in [0.2, 0.25) is 0 Å². The Hall–Kier alpha value is -4.73. The number of imidazole rings is 1. The van der Waals surface area contributed by atoms with E-state index in [9.17, 15) is 0 Å². The Labute approximate surface area is 268 Å². The predicted molar refractivity (Wildman–Crippen MR) is 195 cm³/mol. The number of aryl methyl sites for hydroxylation is 1. The molecular formula is C42H36N2S. The monoisotopic (exact) mass is 600 g/mol. The van der Waals surface area contributed by atoms with Crippen molar-refractivity contribution >= 4 is 53.3 Å². The molecule has 0 amide bonds. The van der Waals surface area contributed by atoms with E-state index in [1.54, 1.807) is 0 Å². The Morgan fingerprint density at radius 1 is 0.644 bits per heavy atom. The maximum absolute atomic E-state index is 5.42. The smallest absolute Gasteiger partial charge is 0.147 e. The van der Waals surface area contributed by atoms with E-state index >= 15 is 0 Å². The quantitative estimate of drug-likeness (QED) is 0.192. The molecule has 0 bridgehead atoms. The molecule has 3 heteroatoms. The summed E-state index contributed by atoms with van der Waals surface area (Å²) in [6.45, 7) is 11.5. The van der Waals surface area contributed by atoms with Gasteiger partial charge in [-0.15, -0.1) is 11.3 Å². The van der Waals surface area contributed by atoms with Crippen molar-refractivity contribution in [3.63, 3.8) is 0 Å². The number of rotatable bonds is 5. The normalized spacial score (nSPS) is 12.1. The molecular weight excluding hydrogens is 565 g/mol. The molecule has 0 aliphatic carbocycles. The molecule has 0 aliphatic heterocycles. The van der Waals surface area contributed by atoms with Crippen LogP contribution in [0.5, 0.6) is 0 Å². The Kier molecular flexibility index (Phi) is 6.62. The molecule has 8 aromatic rings. The van der Waals surface area contributed by atoms with Crippen LogP contribution in [0, 0.1) is 6.92 Å². The van der Waals surface area contributed by atoms with Crippen molar-refractivity contribution in [2.24, 2.45) is 0 Å². The third-order valence-corrected chi connectivity index (χ3v) is 10.4. The Balaban J connectivity index is 1.48. The topological polar surface area (TPSA) is 17.8 Å². The van der Waals surface area contributed by atoms with Gasteiger partial charge in [-0.3, -0.25) is 4.57 Å². The first kappa shape index (κ1) is 27.8. The van der Waals surface area contributed by atoms with E-state index < -0.39 is 0 Å². The van der Waals surface area contributed by atoms with Crippen molar-refractivity contribution < 1.29 is 0 Å². The van der Waals surface area contributed by atoms with Gasteiger partial charge in [0.1, 0.15) is 5.82 Å². The number of para-hydroxylation sites is 2. The molecule has 8 rings (SSSR count). The van der Waals surface area contributed by atoms with E-state index in [1.165, 1.54) is 70.0 Å². The number of aromatic nitrogens is 2. The van der Waals surface area contributed by atoms with Crippen molar-refractivity contribution in [3.05, 3.63) is 132 Å². The molecule has 0 saturated carbocycles. The van der Waals surface area contributed by atoms with Gasteiger partial charge in [0.25, 0.3) is 0 Å². The summed E-state index contributed by atoms with van der Waals surface area (Å²) < 4.78 is 5.09. The largest absolute Gasteiger partial charge is 0.292 e. The SMILES string of the molecule is Cc1ccc(-c2nc3ccccc3n2-c2c(C(C)C)cc(-c3ccccc3)cc2C(C)C)c2sc3cc4ccccc4cc3c12. The number of benzene rings is 6. The summed E-state index contributed by atoms with van der Waals surface area (Å²) >= 11 is 1.89. The first-order chi connectivity index (χ1) is 21.9. The summed E-state index contributed by atoms with van der Waals surface area (Å²) in [6.07, 6.45) is 0. The van der Waals surface area contributed by atoms with Gasteiger partial charge in [0.15, 0.2) is 0 Å². The van der Waals surface area contributed by atoms with Gasteiger partial charge in [-0.1, -0.05) is 100 Å². The highest BCUT2D eigenvalue weighted by Gasteiger charge is 2.25. The van der Waals surface area contributed by atoms with E-state index in [1.807, 2.05) is 11.3 Å². The molecule has 2 nitrogen and oxygen atoms in total. The van der Waals surface area contributed by atoms with E-state index in [0.29, 0.717) is 11.8 Å². The highest BCUT2D eigenvalue weighted by molar-refractivity contribution is 7.26. The first-order valence-corrected chi connectivity index (χ1v) is 16.8. The lowest BCUT2D eigenvalue weighted by molar-refractivity contribution is 0.812. The van der Waals surface area contributed by atoms with Gasteiger partial charge in [-0.05, 0) is 99.8 Å². The molecule has 0 aliphatic rings. The minimum Gasteiger partial charge on any atom is -0.292 e. The Bertz CT molecular complexity index is 2360. The fraction of sp³-hybridized carbons (Fsp3) is 0.167. The van der Waals surface area contributed by atoms with E-state index in [4.69, 9.17) is 4.98 Å². The van der Waals surface area contributed by atoms with Crippen molar-refractivity contribution in [2.75, 3.05) is 0 Å². The third kappa shape index (κ3) is 4.49. The van der Waals surface area contributed by atoms with Crippen LogP contribution in [0.15, 0.2) is 115 Å². The maximum atomic E-state index is 5.42. The highest BCUT2D eigenvalue weighted by Crippen LogP contribution is 2.45. The van der Waals surface area contributed by atoms with Crippen LogP contribution in [0.1, 0.15) is 56.2 Å². The van der Waals surface area contributed by atoms with Crippen LogP contribution in [-0.4, -0.2) is 9.55 Å². The average Bonchev–Trinajstić information content (AvgIpc) is 3.62. The standard InChI is InChI=1S/C42H36N2S/c1-25(2)33-22-31(28-13-7-6-8-14-28)23-34(26(3)4)40(33)44-37-18-12-11-17-36(37)43-42(44)32-20-19-27(5)39-35-21-29-15-9-10-16-30(29)24-38(35)45-41(32)39/h6-26H,1-5H3. The maximum Gasteiger partial charge on any atom is 0.147 e. The van der Waals surface area contributed by atoms with Gasteiger partial charge in [-0.2, -0.15) is 0 Å². The molecule has 0 radical (unpaired) electrons. The zero-order chi connectivity index (χ0) is 30.8. The minimum atomic E-state index is 0.324. The molecule has 0 spiro atoms. The van der Waals surface area contributed by atoms with Crippen molar-refractivity contribution in [1.29, 1.82) is 0 Å². The molecule has 45 heavy (non-hydrogen) atoms. The molecule has 0 N–H and O–H groups in total.